The number of nitrogens with zero attached hydrogens (tertiary/aromatic N) is 2. The van der Waals surface area contributed by atoms with Gasteiger partial charge in [0.25, 0.3) is 0 Å². The zero-order valence-corrected chi connectivity index (χ0v) is 14.4. The molecule has 0 amide bonds. The molecule has 0 fully saturated rings. The van der Waals surface area contributed by atoms with Crippen LogP contribution in [0.15, 0.2) is 61.2 Å². The molecule has 4 nitrogen and oxygen atoms in total. The molecule has 1 atom stereocenters. The summed E-state index contributed by atoms with van der Waals surface area (Å²) < 4.78 is 20.9. The van der Waals surface area contributed by atoms with Crippen molar-refractivity contribution in [3.8, 4) is 0 Å². The first-order valence-corrected chi connectivity index (χ1v) is 8.13. The number of ketones is 1. The Hall–Kier alpha value is -2.21. The van der Waals surface area contributed by atoms with Crippen LogP contribution in [-0.2, 0) is 11.3 Å². The van der Waals surface area contributed by atoms with Gasteiger partial charge >= 0.3 is 0 Å². The minimum Gasteiger partial charge on any atom is -0.345 e. The standard InChI is InChI=1S/C18H13Cl2FN2O2/c19-14-9-15(20)16(21)8-13(14)10-25-18(23-7-6-22-11-23)17(24)12-4-2-1-3-5-12/h1-9,11,18H,10H2. The molecule has 0 aliphatic carbocycles. The van der Waals surface area contributed by atoms with Crippen molar-refractivity contribution in [1.82, 2.24) is 9.55 Å². The van der Waals surface area contributed by atoms with Crippen LogP contribution in [0.3, 0.4) is 0 Å². The molecule has 0 bridgehead atoms. The summed E-state index contributed by atoms with van der Waals surface area (Å²) in [4.78, 5) is 16.7. The molecule has 0 N–H and O–H groups in total. The molecule has 0 saturated carbocycles. The Labute approximate surface area is 153 Å². The van der Waals surface area contributed by atoms with E-state index in [9.17, 15) is 9.18 Å². The molecule has 0 aliphatic heterocycles. The summed E-state index contributed by atoms with van der Waals surface area (Å²) in [6.45, 7) is -0.0612. The molecule has 0 radical (unpaired) electrons. The zero-order chi connectivity index (χ0) is 17.8. The summed E-state index contributed by atoms with van der Waals surface area (Å²) in [6.07, 6.45) is 3.70. The lowest BCUT2D eigenvalue weighted by atomic mass is 10.1. The van der Waals surface area contributed by atoms with Crippen LogP contribution >= 0.6 is 23.2 Å². The van der Waals surface area contributed by atoms with Gasteiger partial charge in [0, 0.05) is 23.0 Å². The molecule has 2 aromatic carbocycles. The topological polar surface area (TPSA) is 44.1 Å². The van der Waals surface area contributed by atoms with E-state index in [1.807, 2.05) is 6.07 Å². The van der Waals surface area contributed by atoms with Crippen LogP contribution in [0.25, 0.3) is 0 Å². The Morgan fingerprint density at radius 3 is 2.64 bits per heavy atom. The number of Topliss-reactive ketones (excluding diaryl/α,β-unsaturated/α-hetero) is 1. The normalized spacial score (nSPS) is 12.1. The third-order valence-corrected chi connectivity index (χ3v) is 4.21. The number of ether oxygens (including phenoxy) is 1. The highest BCUT2D eigenvalue weighted by atomic mass is 35.5. The zero-order valence-electron chi connectivity index (χ0n) is 12.9. The molecule has 0 spiro atoms. The number of carbonyl (C=O) groups excluding carboxylic acids is 1. The van der Waals surface area contributed by atoms with Crippen LogP contribution < -0.4 is 0 Å². The summed E-state index contributed by atoms with van der Waals surface area (Å²) in [7, 11) is 0. The second kappa shape index (κ2) is 7.78. The third-order valence-electron chi connectivity index (χ3n) is 3.56. The van der Waals surface area contributed by atoms with Crippen LogP contribution in [-0.4, -0.2) is 15.3 Å². The number of carbonyl (C=O) groups is 1. The van der Waals surface area contributed by atoms with Gasteiger partial charge in [0.15, 0.2) is 6.23 Å². The Bertz CT molecular complexity index is 870. The maximum atomic E-state index is 13.7. The first kappa shape index (κ1) is 17.6. The number of hydrogen-bond donors (Lipinski definition) is 0. The van der Waals surface area contributed by atoms with Gasteiger partial charge < -0.3 is 9.30 Å². The van der Waals surface area contributed by atoms with E-state index in [0.29, 0.717) is 11.1 Å². The second-order valence-electron chi connectivity index (χ2n) is 5.26. The number of aromatic nitrogens is 2. The van der Waals surface area contributed by atoms with Crippen LogP contribution in [0.2, 0.25) is 10.0 Å². The van der Waals surface area contributed by atoms with Gasteiger partial charge in [0.2, 0.25) is 5.78 Å². The molecule has 0 aliphatic rings. The summed E-state index contributed by atoms with van der Waals surface area (Å²) >= 11 is 11.8. The molecular weight excluding hydrogens is 366 g/mol. The van der Waals surface area contributed by atoms with Gasteiger partial charge in [-0.25, -0.2) is 9.37 Å². The Balaban J connectivity index is 1.84. The van der Waals surface area contributed by atoms with E-state index >= 15 is 0 Å². The number of benzene rings is 2. The van der Waals surface area contributed by atoms with Crippen molar-refractivity contribution >= 4 is 29.0 Å². The molecule has 1 heterocycles. The van der Waals surface area contributed by atoms with Gasteiger partial charge in [0.05, 0.1) is 18.0 Å². The van der Waals surface area contributed by atoms with Crippen molar-refractivity contribution in [3.63, 3.8) is 0 Å². The highest BCUT2D eigenvalue weighted by molar-refractivity contribution is 6.35. The van der Waals surface area contributed by atoms with Gasteiger partial charge in [0.1, 0.15) is 5.82 Å². The number of rotatable bonds is 6. The molecule has 25 heavy (non-hydrogen) atoms. The smallest absolute Gasteiger partial charge is 0.212 e. The lowest BCUT2D eigenvalue weighted by molar-refractivity contribution is 0.000795. The van der Waals surface area contributed by atoms with E-state index in [4.69, 9.17) is 27.9 Å². The Morgan fingerprint density at radius 2 is 1.96 bits per heavy atom. The van der Waals surface area contributed by atoms with Crippen molar-refractivity contribution in [3.05, 3.63) is 88.2 Å². The first-order chi connectivity index (χ1) is 12.1. The Morgan fingerprint density at radius 1 is 1.20 bits per heavy atom. The molecule has 1 aromatic heterocycles. The average molecular weight is 379 g/mol. The summed E-state index contributed by atoms with van der Waals surface area (Å²) in [6, 6.07) is 11.3. The second-order valence-corrected chi connectivity index (χ2v) is 6.08. The van der Waals surface area contributed by atoms with Crippen molar-refractivity contribution in [2.45, 2.75) is 12.8 Å². The third kappa shape index (κ3) is 4.07. The van der Waals surface area contributed by atoms with Gasteiger partial charge in [-0.15, -0.1) is 0 Å². The average Bonchev–Trinajstić information content (AvgIpc) is 3.14. The van der Waals surface area contributed by atoms with Crippen LogP contribution in [0.5, 0.6) is 0 Å². The fourth-order valence-electron chi connectivity index (χ4n) is 2.29. The molecular formula is C18H13Cl2FN2O2. The van der Waals surface area contributed by atoms with Crippen molar-refractivity contribution in [1.29, 1.82) is 0 Å². The monoisotopic (exact) mass is 378 g/mol. The van der Waals surface area contributed by atoms with E-state index in [1.165, 1.54) is 23.0 Å². The molecule has 7 heteroatoms. The lowest BCUT2D eigenvalue weighted by Gasteiger charge is -2.18. The number of hydrogen-bond acceptors (Lipinski definition) is 3. The molecule has 3 rings (SSSR count). The summed E-state index contributed by atoms with van der Waals surface area (Å²) in [5.74, 6) is -0.845. The van der Waals surface area contributed by atoms with Gasteiger partial charge in [-0.1, -0.05) is 53.5 Å². The SMILES string of the molecule is O=C(c1ccccc1)C(OCc1cc(F)c(Cl)cc1Cl)n1ccnc1. The molecule has 0 saturated heterocycles. The molecule has 128 valence electrons. The highest BCUT2D eigenvalue weighted by Crippen LogP contribution is 2.26. The van der Waals surface area contributed by atoms with Gasteiger partial charge in [-0.05, 0) is 17.7 Å². The minimum absolute atomic E-state index is 0.0612. The Kier molecular flexibility index (Phi) is 5.48. The summed E-state index contributed by atoms with van der Waals surface area (Å²) in [5.41, 5.74) is 0.893. The predicted octanol–water partition coefficient (Wildman–Crippen LogP) is 4.93. The van der Waals surface area contributed by atoms with E-state index in [2.05, 4.69) is 4.98 Å². The molecule has 3 aromatic rings. The van der Waals surface area contributed by atoms with Crippen molar-refractivity contribution < 1.29 is 13.9 Å². The molecule has 1 unspecified atom stereocenters. The minimum atomic E-state index is -0.945. The van der Waals surface area contributed by atoms with E-state index in [-0.39, 0.29) is 22.4 Å². The predicted molar refractivity (Wildman–Crippen MR) is 93.2 cm³/mol. The quantitative estimate of drug-likeness (QED) is 0.451. The van der Waals surface area contributed by atoms with E-state index < -0.39 is 12.0 Å². The van der Waals surface area contributed by atoms with Crippen LogP contribution in [0.4, 0.5) is 4.39 Å². The van der Waals surface area contributed by atoms with Crippen molar-refractivity contribution in [2.24, 2.45) is 0 Å². The van der Waals surface area contributed by atoms with Crippen molar-refractivity contribution in [2.75, 3.05) is 0 Å². The maximum absolute atomic E-state index is 13.7. The van der Waals surface area contributed by atoms with Crippen LogP contribution in [0.1, 0.15) is 22.1 Å². The maximum Gasteiger partial charge on any atom is 0.212 e. The number of halogens is 3. The van der Waals surface area contributed by atoms with Crippen LogP contribution in [0, 0.1) is 5.82 Å². The fourth-order valence-corrected chi connectivity index (χ4v) is 2.73. The number of imidazole rings is 1. The fraction of sp³-hybridized carbons (Fsp3) is 0.111. The largest absolute Gasteiger partial charge is 0.345 e. The van der Waals surface area contributed by atoms with Gasteiger partial charge in [-0.2, -0.15) is 0 Å². The first-order valence-electron chi connectivity index (χ1n) is 7.38. The van der Waals surface area contributed by atoms with E-state index in [0.717, 1.165) is 0 Å². The van der Waals surface area contributed by atoms with E-state index in [1.54, 1.807) is 36.7 Å². The summed E-state index contributed by atoms with van der Waals surface area (Å²) in [5, 5.41) is 0.197. The van der Waals surface area contributed by atoms with Gasteiger partial charge in [-0.3, -0.25) is 4.79 Å². The highest BCUT2D eigenvalue weighted by Gasteiger charge is 2.23. The lowest BCUT2D eigenvalue weighted by Crippen LogP contribution is -2.22.